The van der Waals surface area contributed by atoms with Gasteiger partial charge in [-0.15, -0.1) is 0 Å². The van der Waals surface area contributed by atoms with Gasteiger partial charge in [0.2, 0.25) is 11.8 Å². The zero-order chi connectivity index (χ0) is 24.5. The molecule has 0 aliphatic heterocycles. The van der Waals surface area contributed by atoms with Crippen LogP contribution in [0.4, 0.5) is 4.39 Å². The van der Waals surface area contributed by atoms with E-state index in [1.165, 1.54) is 11.0 Å². The molecule has 0 saturated carbocycles. The number of aryl methyl sites for hydroxylation is 1. The minimum Gasteiger partial charge on any atom is -0.354 e. The van der Waals surface area contributed by atoms with E-state index in [-0.39, 0.29) is 30.7 Å². The predicted octanol–water partition coefficient (Wildman–Crippen LogP) is 5.09. The van der Waals surface area contributed by atoms with Crippen molar-refractivity contribution in [3.05, 3.63) is 107 Å². The highest BCUT2D eigenvalue weighted by Crippen LogP contribution is 2.18. The lowest BCUT2D eigenvalue weighted by molar-refractivity contribution is -0.140. The van der Waals surface area contributed by atoms with Crippen molar-refractivity contribution in [3.8, 4) is 0 Å². The molecule has 2 amide bonds. The summed E-state index contributed by atoms with van der Waals surface area (Å²) in [6, 6.07) is 23.0. The van der Waals surface area contributed by atoms with E-state index in [9.17, 15) is 14.0 Å². The minimum atomic E-state index is -0.765. The van der Waals surface area contributed by atoms with Gasteiger partial charge in [0.25, 0.3) is 0 Å². The highest BCUT2D eigenvalue weighted by atomic mass is 19.1. The Morgan fingerprint density at radius 1 is 0.882 bits per heavy atom. The Balaban J connectivity index is 1.96. The third-order valence-electron chi connectivity index (χ3n) is 5.73. The fourth-order valence-corrected chi connectivity index (χ4v) is 3.77. The van der Waals surface area contributed by atoms with E-state index in [1.54, 1.807) is 18.2 Å². The van der Waals surface area contributed by atoms with Crippen LogP contribution in [0.15, 0.2) is 78.9 Å². The maximum absolute atomic E-state index is 14.6. The molecule has 0 aromatic heterocycles. The first-order valence-electron chi connectivity index (χ1n) is 11.7. The van der Waals surface area contributed by atoms with Crippen LogP contribution in [0.2, 0.25) is 0 Å². The summed E-state index contributed by atoms with van der Waals surface area (Å²) in [6.45, 7) is 6.55. The van der Waals surface area contributed by atoms with Crippen LogP contribution in [0, 0.1) is 18.7 Å². The largest absolute Gasteiger partial charge is 0.354 e. The van der Waals surface area contributed by atoms with Crippen molar-refractivity contribution in [1.82, 2.24) is 10.2 Å². The van der Waals surface area contributed by atoms with Gasteiger partial charge in [0, 0.05) is 25.1 Å². The lowest BCUT2D eigenvalue weighted by Gasteiger charge is -2.32. The van der Waals surface area contributed by atoms with Crippen molar-refractivity contribution < 1.29 is 14.0 Å². The van der Waals surface area contributed by atoms with Crippen LogP contribution >= 0.6 is 0 Å². The van der Waals surface area contributed by atoms with E-state index < -0.39 is 11.9 Å². The van der Waals surface area contributed by atoms with Crippen LogP contribution in [0.3, 0.4) is 0 Å². The summed E-state index contributed by atoms with van der Waals surface area (Å²) < 4.78 is 14.6. The summed E-state index contributed by atoms with van der Waals surface area (Å²) in [5, 5.41) is 2.98. The molecule has 178 valence electrons. The maximum Gasteiger partial charge on any atom is 0.243 e. The van der Waals surface area contributed by atoms with Crippen LogP contribution in [0.5, 0.6) is 0 Å². The van der Waals surface area contributed by atoms with Gasteiger partial charge < -0.3 is 10.2 Å². The molecule has 1 atom stereocenters. The molecule has 1 N–H and O–H groups in total. The van der Waals surface area contributed by atoms with Crippen molar-refractivity contribution in [3.63, 3.8) is 0 Å². The SMILES string of the molecule is Cc1ccc(CC(=O)N(Cc2ccccc2F)[C@H](Cc2ccccc2)C(=O)NCC(C)C)cc1. The summed E-state index contributed by atoms with van der Waals surface area (Å²) in [5.41, 5.74) is 3.29. The Morgan fingerprint density at radius 3 is 2.18 bits per heavy atom. The zero-order valence-corrected chi connectivity index (χ0v) is 20.1. The van der Waals surface area contributed by atoms with E-state index in [0.717, 1.165) is 16.7 Å². The molecule has 0 unspecified atom stereocenters. The van der Waals surface area contributed by atoms with Gasteiger partial charge in [-0.2, -0.15) is 0 Å². The van der Waals surface area contributed by atoms with Crippen LogP contribution in [-0.2, 0) is 29.0 Å². The number of nitrogens with zero attached hydrogens (tertiary/aromatic N) is 1. The molecule has 0 fully saturated rings. The molecule has 0 aliphatic rings. The van der Waals surface area contributed by atoms with Gasteiger partial charge in [-0.05, 0) is 30.0 Å². The average molecular weight is 461 g/mol. The molecule has 0 radical (unpaired) electrons. The zero-order valence-electron chi connectivity index (χ0n) is 20.1. The number of hydrogen-bond donors (Lipinski definition) is 1. The number of benzene rings is 3. The monoisotopic (exact) mass is 460 g/mol. The first kappa shape index (κ1) is 25.2. The van der Waals surface area contributed by atoms with Crippen molar-refractivity contribution >= 4 is 11.8 Å². The number of nitrogens with one attached hydrogen (secondary N) is 1. The van der Waals surface area contributed by atoms with Gasteiger partial charge >= 0.3 is 0 Å². The number of hydrogen-bond acceptors (Lipinski definition) is 2. The fraction of sp³-hybridized carbons (Fsp3) is 0.310. The predicted molar refractivity (Wildman–Crippen MR) is 134 cm³/mol. The molecule has 5 heteroatoms. The third-order valence-corrected chi connectivity index (χ3v) is 5.73. The van der Waals surface area contributed by atoms with Gasteiger partial charge in [-0.25, -0.2) is 4.39 Å². The molecule has 3 aromatic carbocycles. The molecule has 3 aromatic rings. The molecule has 0 bridgehead atoms. The van der Waals surface area contributed by atoms with Crippen LogP contribution in [0.25, 0.3) is 0 Å². The third kappa shape index (κ3) is 7.27. The lowest BCUT2D eigenvalue weighted by Crippen LogP contribution is -2.51. The highest BCUT2D eigenvalue weighted by molar-refractivity contribution is 5.88. The van der Waals surface area contributed by atoms with Crippen LogP contribution < -0.4 is 5.32 Å². The van der Waals surface area contributed by atoms with Gasteiger partial charge in [0.1, 0.15) is 11.9 Å². The smallest absolute Gasteiger partial charge is 0.243 e. The quantitative estimate of drug-likeness (QED) is 0.458. The Labute approximate surface area is 201 Å². The summed E-state index contributed by atoms with van der Waals surface area (Å²) in [7, 11) is 0. The summed E-state index contributed by atoms with van der Waals surface area (Å²) in [4.78, 5) is 28.5. The van der Waals surface area contributed by atoms with E-state index in [2.05, 4.69) is 5.32 Å². The molecule has 34 heavy (non-hydrogen) atoms. The number of carbonyl (C=O) groups excluding carboxylic acids is 2. The standard InChI is InChI=1S/C29H33FN2O2/c1-21(2)19-31-29(34)27(17-23-9-5-4-6-10-23)32(20-25-11-7-8-12-26(25)30)28(33)18-24-15-13-22(3)14-16-24/h4-16,21,27H,17-20H2,1-3H3,(H,31,34)/t27-/m1/s1. The Bertz CT molecular complexity index is 1080. The van der Waals surface area contributed by atoms with Gasteiger partial charge in [-0.1, -0.05) is 92.2 Å². The molecule has 0 aliphatic carbocycles. The first-order chi connectivity index (χ1) is 16.3. The number of amides is 2. The van der Waals surface area contributed by atoms with Crippen molar-refractivity contribution in [1.29, 1.82) is 0 Å². The van der Waals surface area contributed by atoms with E-state index in [0.29, 0.717) is 18.5 Å². The maximum atomic E-state index is 14.6. The van der Waals surface area contributed by atoms with Gasteiger partial charge in [0.15, 0.2) is 0 Å². The first-order valence-corrected chi connectivity index (χ1v) is 11.7. The Hall–Kier alpha value is -3.47. The molecule has 3 rings (SSSR count). The summed E-state index contributed by atoms with van der Waals surface area (Å²) >= 11 is 0. The summed E-state index contributed by atoms with van der Waals surface area (Å²) in [5.74, 6) is -0.569. The molecular weight excluding hydrogens is 427 g/mol. The Morgan fingerprint density at radius 2 is 1.53 bits per heavy atom. The molecule has 0 spiro atoms. The topological polar surface area (TPSA) is 49.4 Å². The second-order valence-corrected chi connectivity index (χ2v) is 9.12. The number of rotatable bonds is 10. The van der Waals surface area contributed by atoms with Crippen molar-refractivity contribution in [2.75, 3.05) is 6.54 Å². The molecular formula is C29H33FN2O2. The lowest BCUT2D eigenvalue weighted by atomic mass is 10.0. The summed E-state index contributed by atoms with van der Waals surface area (Å²) in [6.07, 6.45) is 0.482. The fourth-order valence-electron chi connectivity index (χ4n) is 3.77. The van der Waals surface area contributed by atoms with Gasteiger partial charge in [0.05, 0.1) is 6.42 Å². The second-order valence-electron chi connectivity index (χ2n) is 9.12. The highest BCUT2D eigenvalue weighted by Gasteiger charge is 2.31. The normalized spacial score (nSPS) is 11.8. The van der Waals surface area contributed by atoms with Crippen LogP contribution in [0.1, 0.15) is 36.1 Å². The van der Waals surface area contributed by atoms with E-state index >= 15 is 0 Å². The molecule has 4 nitrogen and oxygen atoms in total. The van der Waals surface area contributed by atoms with Crippen molar-refractivity contribution in [2.24, 2.45) is 5.92 Å². The molecule has 0 saturated heterocycles. The van der Waals surface area contributed by atoms with Crippen LogP contribution in [-0.4, -0.2) is 29.3 Å². The number of carbonyl (C=O) groups is 2. The Kier molecular flexibility index (Phi) is 8.97. The van der Waals surface area contributed by atoms with E-state index in [1.807, 2.05) is 75.4 Å². The minimum absolute atomic E-state index is 0.0178. The van der Waals surface area contributed by atoms with Gasteiger partial charge in [-0.3, -0.25) is 9.59 Å². The van der Waals surface area contributed by atoms with Crippen molar-refractivity contribution in [2.45, 2.75) is 46.2 Å². The average Bonchev–Trinajstić information content (AvgIpc) is 2.83. The molecule has 0 heterocycles. The number of halogens is 1. The van der Waals surface area contributed by atoms with E-state index in [4.69, 9.17) is 0 Å². The second kappa shape index (κ2) is 12.1.